The van der Waals surface area contributed by atoms with Gasteiger partial charge in [-0.25, -0.2) is 4.79 Å². The summed E-state index contributed by atoms with van der Waals surface area (Å²) in [7, 11) is 1.78. The topological polar surface area (TPSA) is 85.4 Å². The van der Waals surface area contributed by atoms with Gasteiger partial charge in [0, 0.05) is 13.6 Å². The zero-order chi connectivity index (χ0) is 15.6. The molecule has 2 rings (SSSR count). The zero-order valence-electron chi connectivity index (χ0n) is 13.2. The minimum Gasteiger partial charge on any atom is -0.443 e. The minimum atomic E-state index is -0.551. The summed E-state index contributed by atoms with van der Waals surface area (Å²) in [5, 5.41) is 7.45. The summed E-state index contributed by atoms with van der Waals surface area (Å²) in [6.07, 6.45) is 3.10. The maximum Gasteiger partial charge on any atom is 0.416 e. The number of aryl methyl sites for hydroxylation is 1. The second kappa shape index (κ2) is 5.93. The molecule has 21 heavy (non-hydrogen) atoms. The van der Waals surface area contributed by atoms with Crippen LogP contribution >= 0.6 is 0 Å². The number of anilines is 2. The fraction of sp³-hybridized carbons (Fsp3) is 0.714. The molecular formula is C14H25N5O2. The van der Waals surface area contributed by atoms with Gasteiger partial charge in [-0.3, -0.25) is 9.58 Å². The maximum atomic E-state index is 12.6. The Morgan fingerprint density at radius 3 is 2.76 bits per heavy atom. The van der Waals surface area contributed by atoms with E-state index in [0.29, 0.717) is 11.5 Å². The summed E-state index contributed by atoms with van der Waals surface area (Å²) in [4.78, 5) is 14.3. The van der Waals surface area contributed by atoms with Gasteiger partial charge in [-0.15, -0.1) is 0 Å². The quantitative estimate of drug-likeness (QED) is 0.863. The van der Waals surface area contributed by atoms with Gasteiger partial charge >= 0.3 is 6.09 Å². The summed E-state index contributed by atoms with van der Waals surface area (Å²) in [5.41, 5.74) is 5.93. The lowest BCUT2D eigenvalue weighted by molar-refractivity contribution is 0.0557. The third-order valence-corrected chi connectivity index (χ3v) is 3.39. The number of nitrogen functional groups attached to an aromatic ring is 1. The Balaban J connectivity index is 2.32. The Hall–Kier alpha value is -1.76. The number of hydrogen-bond donors (Lipinski definition) is 2. The molecule has 1 saturated heterocycles. The SMILES string of the molecule is Cn1ncc(N)c1N(C(=O)OC(C)(C)C)[C@H]1CCCNC1. The molecule has 0 saturated carbocycles. The molecule has 1 aliphatic heterocycles. The first-order valence-electron chi connectivity index (χ1n) is 7.30. The molecule has 1 atom stereocenters. The Morgan fingerprint density at radius 2 is 2.29 bits per heavy atom. The van der Waals surface area contributed by atoms with E-state index in [4.69, 9.17) is 10.5 Å². The molecule has 7 heteroatoms. The maximum absolute atomic E-state index is 12.6. The van der Waals surface area contributed by atoms with Crippen molar-refractivity contribution in [2.45, 2.75) is 45.3 Å². The highest BCUT2D eigenvalue weighted by molar-refractivity contribution is 5.91. The fourth-order valence-corrected chi connectivity index (χ4v) is 2.52. The van der Waals surface area contributed by atoms with Crippen LogP contribution in [0.25, 0.3) is 0 Å². The van der Waals surface area contributed by atoms with Gasteiger partial charge in [0.2, 0.25) is 0 Å². The summed E-state index contributed by atoms with van der Waals surface area (Å²) in [5.74, 6) is 0.595. The molecule has 0 aromatic carbocycles. The van der Waals surface area contributed by atoms with Gasteiger partial charge < -0.3 is 15.8 Å². The largest absolute Gasteiger partial charge is 0.443 e. The number of ether oxygens (including phenoxy) is 1. The number of aromatic nitrogens is 2. The van der Waals surface area contributed by atoms with Crippen LogP contribution in [0, 0.1) is 0 Å². The van der Waals surface area contributed by atoms with Gasteiger partial charge in [0.25, 0.3) is 0 Å². The first kappa shape index (κ1) is 15.6. The highest BCUT2D eigenvalue weighted by Gasteiger charge is 2.33. The van der Waals surface area contributed by atoms with Crippen molar-refractivity contribution < 1.29 is 9.53 Å². The number of hydrogen-bond acceptors (Lipinski definition) is 5. The minimum absolute atomic E-state index is 0.0197. The smallest absolute Gasteiger partial charge is 0.416 e. The van der Waals surface area contributed by atoms with Crippen LogP contribution in [0.4, 0.5) is 16.3 Å². The Morgan fingerprint density at radius 1 is 1.57 bits per heavy atom. The molecule has 1 aliphatic rings. The summed E-state index contributed by atoms with van der Waals surface area (Å²) < 4.78 is 7.17. The standard InChI is InChI=1S/C14H25N5O2/c1-14(2,3)21-13(20)19(10-6-5-7-16-8-10)12-11(15)9-17-18(12)4/h9-10,16H,5-8,15H2,1-4H3/t10-/m0/s1. The lowest BCUT2D eigenvalue weighted by Crippen LogP contribution is -2.51. The summed E-state index contributed by atoms with van der Waals surface area (Å²) >= 11 is 0. The Bertz CT molecular complexity index is 480. The Kier molecular flexibility index (Phi) is 4.41. The molecular weight excluding hydrogens is 270 g/mol. The van der Waals surface area contributed by atoms with Crippen LogP contribution in [-0.4, -0.2) is 40.6 Å². The number of amides is 1. The van der Waals surface area contributed by atoms with Crippen LogP contribution in [0.3, 0.4) is 0 Å². The molecule has 7 nitrogen and oxygen atoms in total. The number of piperidine rings is 1. The van der Waals surface area contributed by atoms with Crippen molar-refractivity contribution >= 4 is 17.6 Å². The molecule has 2 heterocycles. The molecule has 0 aliphatic carbocycles. The van der Waals surface area contributed by atoms with E-state index in [-0.39, 0.29) is 12.1 Å². The predicted molar refractivity (Wildman–Crippen MR) is 82.2 cm³/mol. The first-order chi connectivity index (χ1) is 9.79. The van der Waals surface area contributed by atoms with E-state index in [1.54, 1.807) is 22.8 Å². The van der Waals surface area contributed by atoms with Crippen molar-refractivity contribution in [1.82, 2.24) is 15.1 Å². The number of carbonyl (C=O) groups is 1. The fourth-order valence-electron chi connectivity index (χ4n) is 2.52. The van der Waals surface area contributed by atoms with Gasteiger partial charge in [-0.2, -0.15) is 5.10 Å². The molecule has 0 unspecified atom stereocenters. The third kappa shape index (κ3) is 3.66. The molecule has 3 N–H and O–H groups in total. The number of carbonyl (C=O) groups excluding carboxylic acids is 1. The van der Waals surface area contributed by atoms with Crippen LogP contribution in [0.1, 0.15) is 33.6 Å². The highest BCUT2D eigenvalue weighted by atomic mass is 16.6. The molecule has 0 bridgehead atoms. The van der Waals surface area contributed by atoms with E-state index >= 15 is 0 Å². The van der Waals surface area contributed by atoms with E-state index in [1.807, 2.05) is 20.8 Å². The molecule has 0 spiro atoms. The van der Waals surface area contributed by atoms with Crippen molar-refractivity contribution in [1.29, 1.82) is 0 Å². The van der Waals surface area contributed by atoms with Crippen LogP contribution in [0.15, 0.2) is 6.20 Å². The summed E-state index contributed by atoms with van der Waals surface area (Å²) in [6.45, 7) is 7.27. The number of nitrogens with two attached hydrogens (primary N) is 1. The average molecular weight is 295 g/mol. The van der Waals surface area contributed by atoms with Crippen LogP contribution in [0.2, 0.25) is 0 Å². The van der Waals surface area contributed by atoms with E-state index in [0.717, 1.165) is 25.9 Å². The average Bonchev–Trinajstić information content (AvgIpc) is 2.70. The predicted octanol–water partition coefficient (Wildman–Crippen LogP) is 1.50. The monoisotopic (exact) mass is 295 g/mol. The lowest BCUT2D eigenvalue weighted by Gasteiger charge is -2.35. The Labute approximate surface area is 125 Å². The zero-order valence-corrected chi connectivity index (χ0v) is 13.2. The lowest BCUT2D eigenvalue weighted by atomic mass is 10.1. The molecule has 1 amide bonds. The van der Waals surface area contributed by atoms with E-state index in [1.165, 1.54) is 0 Å². The first-order valence-corrected chi connectivity index (χ1v) is 7.30. The van der Waals surface area contributed by atoms with E-state index in [9.17, 15) is 4.79 Å². The molecule has 0 radical (unpaired) electrons. The van der Waals surface area contributed by atoms with Crippen molar-refractivity contribution in [3.63, 3.8) is 0 Å². The van der Waals surface area contributed by atoms with Gasteiger partial charge in [-0.05, 0) is 40.2 Å². The van der Waals surface area contributed by atoms with Crippen LogP contribution in [-0.2, 0) is 11.8 Å². The van der Waals surface area contributed by atoms with Crippen LogP contribution in [0.5, 0.6) is 0 Å². The highest BCUT2D eigenvalue weighted by Crippen LogP contribution is 2.28. The molecule has 1 fully saturated rings. The van der Waals surface area contributed by atoms with E-state index < -0.39 is 5.60 Å². The normalized spacial score (nSPS) is 19.3. The number of nitrogens with zero attached hydrogens (tertiary/aromatic N) is 3. The summed E-state index contributed by atoms with van der Waals surface area (Å²) in [6, 6.07) is 0.0197. The molecule has 1 aromatic rings. The number of rotatable bonds is 2. The van der Waals surface area contributed by atoms with E-state index in [2.05, 4.69) is 10.4 Å². The van der Waals surface area contributed by atoms with Crippen molar-refractivity contribution in [3.05, 3.63) is 6.20 Å². The van der Waals surface area contributed by atoms with Crippen molar-refractivity contribution in [3.8, 4) is 0 Å². The van der Waals surface area contributed by atoms with Gasteiger partial charge in [-0.1, -0.05) is 0 Å². The number of nitrogens with one attached hydrogen (secondary N) is 1. The second-order valence-electron chi connectivity index (χ2n) is 6.40. The molecule has 118 valence electrons. The van der Waals surface area contributed by atoms with Crippen molar-refractivity contribution in [2.75, 3.05) is 23.7 Å². The van der Waals surface area contributed by atoms with Crippen LogP contribution < -0.4 is 16.0 Å². The van der Waals surface area contributed by atoms with Gasteiger partial charge in [0.15, 0.2) is 5.82 Å². The van der Waals surface area contributed by atoms with Gasteiger partial charge in [0.1, 0.15) is 5.60 Å². The molecule has 1 aromatic heterocycles. The third-order valence-electron chi connectivity index (χ3n) is 3.39. The second-order valence-corrected chi connectivity index (χ2v) is 6.40. The van der Waals surface area contributed by atoms with Crippen molar-refractivity contribution in [2.24, 2.45) is 7.05 Å². The van der Waals surface area contributed by atoms with Gasteiger partial charge in [0.05, 0.1) is 17.9 Å².